The maximum Gasteiger partial charge on any atom is 0.305 e. The predicted molar refractivity (Wildman–Crippen MR) is 90.7 cm³/mol. The number of anilines is 2. The van der Waals surface area contributed by atoms with Gasteiger partial charge in [-0.2, -0.15) is 5.26 Å². The SMILES string of the molecule is CN(c1ccccc1)[C@@H](CC(=O)O)C(=O)Nc1ccc(C#N)cc1. The smallest absolute Gasteiger partial charge is 0.305 e. The number of amides is 1. The number of aliphatic carboxylic acids is 1. The number of para-hydroxylation sites is 1. The van der Waals surface area contributed by atoms with Crippen LogP contribution in [0.1, 0.15) is 12.0 Å². The number of rotatable bonds is 6. The fraction of sp³-hybridized carbons (Fsp3) is 0.167. The number of carbonyl (C=O) groups is 2. The van der Waals surface area contributed by atoms with Crippen LogP contribution in [0, 0.1) is 11.3 Å². The summed E-state index contributed by atoms with van der Waals surface area (Å²) >= 11 is 0. The lowest BCUT2D eigenvalue weighted by Gasteiger charge is -2.28. The van der Waals surface area contributed by atoms with Crippen LogP contribution in [0.15, 0.2) is 54.6 Å². The second kappa shape index (κ2) is 7.79. The first-order chi connectivity index (χ1) is 11.5. The zero-order valence-electron chi connectivity index (χ0n) is 13.1. The van der Waals surface area contributed by atoms with Gasteiger partial charge in [-0.1, -0.05) is 18.2 Å². The van der Waals surface area contributed by atoms with E-state index in [2.05, 4.69) is 5.32 Å². The Bertz CT molecular complexity index is 751. The second-order valence-corrected chi connectivity index (χ2v) is 5.24. The number of benzene rings is 2. The highest BCUT2D eigenvalue weighted by molar-refractivity contribution is 5.98. The predicted octanol–water partition coefficient (Wildman–Crippen LogP) is 2.48. The molecule has 0 heterocycles. The molecule has 1 atom stereocenters. The van der Waals surface area contributed by atoms with Crippen LogP contribution in [0.2, 0.25) is 0 Å². The average molecular weight is 323 g/mol. The van der Waals surface area contributed by atoms with Crippen molar-refractivity contribution in [2.24, 2.45) is 0 Å². The summed E-state index contributed by atoms with van der Waals surface area (Å²) in [5, 5.41) is 20.6. The van der Waals surface area contributed by atoms with Crippen molar-refractivity contribution in [3.63, 3.8) is 0 Å². The molecular weight excluding hydrogens is 306 g/mol. The third kappa shape index (κ3) is 4.34. The van der Waals surface area contributed by atoms with Gasteiger partial charge in [0.05, 0.1) is 18.1 Å². The minimum atomic E-state index is -1.06. The molecule has 0 aliphatic rings. The fourth-order valence-electron chi connectivity index (χ4n) is 2.27. The van der Waals surface area contributed by atoms with E-state index in [9.17, 15) is 9.59 Å². The number of nitrogens with zero attached hydrogens (tertiary/aromatic N) is 2. The summed E-state index contributed by atoms with van der Waals surface area (Å²) in [6.07, 6.45) is -0.326. The number of hydrogen-bond acceptors (Lipinski definition) is 4. The second-order valence-electron chi connectivity index (χ2n) is 5.24. The number of nitriles is 1. The molecule has 2 rings (SSSR count). The van der Waals surface area contributed by atoms with Crippen LogP contribution >= 0.6 is 0 Å². The topological polar surface area (TPSA) is 93.4 Å². The molecule has 0 saturated carbocycles. The average Bonchev–Trinajstić information content (AvgIpc) is 2.60. The van der Waals surface area contributed by atoms with E-state index in [4.69, 9.17) is 10.4 Å². The zero-order valence-corrected chi connectivity index (χ0v) is 13.1. The van der Waals surface area contributed by atoms with E-state index in [1.54, 1.807) is 36.2 Å². The molecule has 0 aliphatic carbocycles. The normalized spacial score (nSPS) is 11.2. The van der Waals surface area contributed by atoms with Crippen molar-refractivity contribution >= 4 is 23.3 Å². The van der Waals surface area contributed by atoms with Gasteiger partial charge in [-0.05, 0) is 36.4 Å². The van der Waals surface area contributed by atoms with Gasteiger partial charge in [0, 0.05) is 18.4 Å². The van der Waals surface area contributed by atoms with Gasteiger partial charge in [-0.25, -0.2) is 0 Å². The lowest BCUT2D eigenvalue weighted by Crippen LogP contribution is -2.43. The van der Waals surface area contributed by atoms with Crippen LogP contribution in [0.4, 0.5) is 11.4 Å². The molecule has 0 unspecified atom stereocenters. The molecule has 0 saturated heterocycles. The molecule has 122 valence electrons. The molecule has 2 N–H and O–H groups in total. The number of carboxylic acids is 1. The Kier molecular flexibility index (Phi) is 5.53. The van der Waals surface area contributed by atoms with Crippen molar-refractivity contribution in [1.82, 2.24) is 0 Å². The highest BCUT2D eigenvalue weighted by Crippen LogP contribution is 2.18. The highest BCUT2D eigenvalue weighted by Gasteiger charge is 2.26. The van der Waals surface area contributed by atoms with Crippen LogP contribution in [0.3, 0.4) is 0 Å². The van der Waals surface area contributed by atoms with E-state index in [1.165, 1.54) is 0 Å². The molecule has 0 spiro atoms. The van der Waals surface area contributed by atoms with Gasteiger partial charge < -0.3 is 15.3 Å². The molecule has 6 heteroatoms. The Hall–Kier alpha value is -3.33. The minimum absolute atomic E-state index is 0.326. The van der Waals surface area contributed by atoms with Crippen molar-refractivity contribution in [2.75, 3.05) is 17.3 Å². The molecule has 24 heavy (non-hydrogen) atoms. The molecule has 6 nitrogen and oxygen atoms in total. The monoisotopic (exact) mass is 323 g/mol. The zero-order chi connectivity index (χ0) is 17.5. The van der Waals surface area contributed by atoms with E-state index >= 15 is 0 Å². The van der Waals surface area contributed by atoms with E-state index in [0.29, 0.717) is 11.3 Å². The van der Waals surface area contributed by atoms with Crippen LogP contribution < -0.4 is 10.2 Å². The van der Waals surface area contributed by atoms with E-state index < -0.39 is 17.9 Å². The van der Waals surface area contributed by atoms with E-state index in [0.717, 1.165) is 5.69 Å². The Balaban J connectivity index is 2.18. The lowest BCUT2D eigenvalue weighted by molar-refractivity contribution is -0.138. The van der Waals surface area contributed by atoms with Crippen molar-refractivity contribution in [3.05, 3.63) is 60.2 Å². The Morgan fingerprint density at radius 1 is 1.17 bits per heavy atom. The molecule has 0 bridgehead atoms. The summed E-state index contributed by atoms with van der Waals surface area (Å²) < 4.78 is 0. The lowest BCUT2D eigenvalue weighted by atomic mass is 10.1. The maximum atomic E-state index is 12.5. The van der Waals surface area contributed by atoms with Crippen LogP contribution in [0.25, 0.3) is 0 Å². The molecule has 0 aromatic heterocycles. The van der Waals surface area contributed by atoms with Crippen LogP contribution in [-0.4, -0.2) is 30.1 Å². The van der Waals surface area contributed by atoms with Gasteiger partial charge in [0.15, 0.2) is 0 Å². The first-order valence-electron chi connectivity index (χ1n) is 7.32. The maximum absolute atomic E-state index is 12.5. The molecule has 2 aromatic rings. The Morgan fingerprint density at radius 3 is 2.33 bits per heavy atom. The minimum Gasteiger partial charge on any atom is -0.481 e. The summed E-state index contributed by atoms with van der Waals surface area (Å²) in [6.45, 7) is 0. The summed E-state index contributed by atoms with van der Waals surface area (Å²) in [5.74, 6) is -1.48. The van der Waals surface area contributed by atoms with Gasteiger partial charge in [0.1, 0.15) is 6.04 Å². The number of carbonyl (C=O) groups excluding carboxylic acids is 1. The molecule has 0 radical (unpaired) electrons. The van der Waals surface area contributed by atoms with Crippen molar-refractivity contribution in [2.45, 2.75) is 12.5 Å². The highest BCUT2D eigenvalue weighted by atomic mass is 16.4. The Labute approximate surface area is 139 Å². The summed E-state index contributed by atoms with van der Waals surface area (Å²) in [7, 11) is 1.68. The first kappa shape index (κ1) is 17.0. The molecule has 2 aromatic carbocycles. The van der Waals surface area contributed by atoms with Gasteiger partial charge in [-0.15, -0.1) is 0 Å². The van der Waals surface area contributed by atoms with E-state index in [1.807, 2.05) is 36.4 Å². The van der Waals surface area contributed by atoms with Gasteiger partial charge in [0.2, 0.25) is 5.91 Å². The van der Waals surface area contributed by atoms with Crippen molar-refractivity contribution in [3.8, 4) is 6.07 Å². The molecule has 0 fully saturated rings. The molecule has 0 aliphatic heterocycles. The number of likely N-dealkylation sites (N-methyl/N-ethyl adjacent to an activating group) is 1. The summed E-state index contributed by atoms with van der Waals surface area (Å²) in [4.78, 5) is 25.3. The number of hydrogen-bond donors (Lipinski definition) is 2. The summed E-state index contributed by atoms with van der Waals surface area (Å²) in [6, 6.07) is 16.6. The number of carboxylic acid groups (broad SMARTS) is 1. The third-order valence-corrected chi connectivity index (χ3v) is 3.58. The molecule has 1 amide bonds. The van der Waals surface area contributed by atoms with Crippen molar-refractivity contribution < 1.29 is 14.7 Å². The Morgan fingerprint density at radius 2 is 1.79 bits per heavy atom. The van der Waals surface area contributed by atoms with Gasteiger partial charge in [-0.3, -0.25) is 9.59 Å². The van der Waals surface area contributed by atoms with Gasteiger partial charge >= 0.3 is 5.97 Å². The van der Waals surface area contributed by atoms with Crippen LogP contribution in [-0.2, 0) is 9.59 Å². The van der Waals surface area contributed by atoms with Gasteiger partial charge in [0.25, 0.3) is 0 Å². The molecular formula is C18H17N3O3. The van der Waals surface area contributed by atoms with Crippen molar-refractivity contribution in [1.29, 1.82) is 5.26 Å². The number of nitrogens with one attached hydrogen (secondary N) is 1. The van der Waals surface area contributed by atoms with E-state index in [-0.39, 0.29) is 6.42 Å². The summed E-state index contributed by atoms with van der Waals surface area (Å²) in [5.41, 5.74) is 1.74. The first-order valence-corrected chi connectivity index (χ1v) is 7.32. The third-order valence-electron chi connectivity index (χ3n) is 3.58. The quantitative estimate of drug-likeness (QED) is 0.852. The largest absolute Gasteiger partial charge is 0.481 e. The standard InChI is InChI=1S/C18H17N3O3/c1-21(15-5-3-2-4-6-15)16(11-17(22)23)18(24)20-14-9-7-13(12-19)8-10-14/h2-10,16H,11H2,1H3,(H,20,24)(H,22,23)/t16-/m0/s1. The van der Waals surface area contributed by atoms with Crippen LogP contribution in [0.5, 0.6) is 0 Å². The fourth-order valence-corrected chi connectivity index (χ4v) is 2.27.